The number of nitrogens with zero attached hydrogens (tertiary/aromatic N) is 1. The van der Waals surface area contributed by atoms with Gasteiger partial charge in [-0.2, -0.15) is 5.10 Å². The number of benzene rings is 1. The minimum absolute atomic E-state index is 0.571. The summed E-state index contributed by atoms with van der Waals surface area (Å²) in [6.07, 6.45) is 6.80. The largest absolute Gasteiger partial charge is 0.497 e. The van der Waals surface area contributed by atoms with Crippen LogP contribution in [0.25, 0.3) is 11.1 Å². The van der Waals surface area contributed by atoms with Crippen molar-refractivity contribution in [2.45, 2.75) is 31.7 Å². The first-order chi connectivity index (χ1) is 9.86. The van der Waals surface area contributed by atoms with Crippen LogP contribution in [0, 0.1) is 0 Å². The number of hydrogen-bond acceptors (Lipinski definition) is 3. The third-order valence-electron chi connectivity index (χ3n) is 3.98. The fourth-order valence-corrected chi connectivity index (χ4v) is 2.83. The van der Waals surface area contributed by atoms with Gasteiger partial charge in [-0.3, -0.25) is 5.10 Å². The first kappa shape index (κ1) is 13.2. The Morgan fingerprint density at radius 3 is 2.80 bits per heavy atom. The van der Waals surface area contributed by atoms with Crippen molar-refractivity contribution in [2.24, 2.45) is 0 Å². The maximum atomic E-state index is 5.20. The smallest absolute Gasteiger partial charge is 0.118 e. The Kier molecular flexibility index (Phi) is 4.02. The highest BCUT2D eigenvalue weighted by Gasteiger charge is 2.16. The zero-order valence-electron chi connectivity index (χ0n) is 11.9. The fourth-order valence-electron chi connectivity index (χ4n) is 2.83. The number of aromatic amines is 1. The fraction of sp³-hybridized carbons (Fsp3) is 0.438. The molecule has 1 aliphatic rings. The van der Waals surface area contributed by atoms with Gasteiger partial charge in [-0.1, -0.05) is 18.6 Å². The molecule has 3 rings (SSSR count). The Balaban J connectivity index is 1.77. The summed E-state index contributed by atoms with van der Waals surface area (Å²) in [5.41, 5.74) is 3.60. The topological polar surface area (TPSA) is 49.9 Å². The second-order valence-corrected chi connectivity index (χ2v) is 5.34. The van der Waals surface area contributed by atoms with Gasteiger partial charge in [0.15, 0.2) is 0 Å². The number of ether oxygens (including phenoxy) is 1. The molecule has 2 heterocycles. The van der Waals surface area contributed by atoms with Crippen LogP contribution in [0.5, 0.6) is 5.75 Å². The molecule has 2 aromatic rings. The molecule has 2 N–H and O–H groups in total. The van der Waals surface area contributed by atoms with Crippen LogP contribution in [-0.4, -0.2) is 29.9 Å². The molecule has 4 heteroatoms. The molecule has 1 aromatic heterocycles. The molecule has 0 bridgehead atoms. The Morgan fingerprint density at radius 2 is 2.10 bits per heavy atom. The van der Waals surface area contributed by atoms with Crippen molar-refractivity contribution in [3.63, 3.8) is 0 Å². The van der Waals surface area contributed by atoms with Crippen LogP contribution in [0.4, 0.5) is 0 Å². The summed E-state index contributed by atoms with van der Waals surface area (Å²) in [5.74, 6) is 0.882. The molecule has 1 atom stereocenters. The van der Waals surface area contributed by atoms with E-state index in [0.29, 0.717) is 6.04 Å². The summed E-state index contributed by atoms with van der Waals surface area (Å²) in [5, 5.41) is 11.0. The predicted octanol–water partition coefficient (Wildman–Crippen LogP) is 2.77. The lowest BCUT2D eigenvalue weighted by atomic mass is 9.97. The van der Waals surface area contributed by atoms with E-state index in [2.05, 4.69) is 27.6 Å². The van der Waals surface area contributed by atoms with Crippen LogP contribution in [0.15, 0.2) is 30.5 Å². The van der Waals surface area contributed by atoms with Crippen LogP contribution in [0.1, 0.15) is 25.0 Å². The van der Waals surface area contributed by atoms with Crippen molar-refractivity contribution < 1.29 is 4.74 Å². The summed E-state index contributed by atoms with van der Waals surface area (Å²) in [6, 6.07) is 8.72. The van der Waals surface area contributed by atoms with Crippen LogP contribution >= 0.6 is 0 Å². The van der Waals surface area contributed by atoms with E-state index >= 15 is 0 Å². The lowest BCUT2D eigenvalue weighted by molar-refractivity contribution is 0.397. The van der Waals surface area contributed by atoms with Crippen molar-refractivity contribution in [2.75, 3.05) is 13.7 Å². The van der Waals surface area contributed by atoms with E-state index in [1.165, 1.54) is 36.1 Å². The molecule has 1 aliphatic heterocycles. The second kappa shape index (κ2) is 6.09. The lowest BCUT2D eigenvalue weighted by Crippen LogP contribution is -2.35. The van der Waals surface area contributed by atoms with Crippen molar-refractivity contribution in [1.82, 2.24) is 15.5 Å². The average Bonchev–Trinajstić information content (AvgIpc) is 2.96. The zero-order valence-corrected chi connectivity index (χ0v) is 11.9. The summed E-state index contributed by atoms with van der Waals surface area (Å²) in [7, 11) is 1.69. The van der Waals surface area contributed by atoms with E-state index in [9.17, 15) is 0 Å². The van der Waals surface area contributed by atoms with Gasteiger partial charge in [-0.05, 0) is 37.1 Å². The second-order valence-electron chi connectivity index (χ2n) is 5.34. The maximum Gasteiger partial charge on any atom is 0.118 e. The van der Waals surface area contributed by atoms with Gasteiger partial charge in [0.05, 0.1) is 13.3 Å². The highest BCUT2D eigenvalue weighted by molar-refractivity contribution is 5.66. The Hall–Kier alpha value is -1.81. The number of rotatable bonds is 4. The molecule has 106 valence electrons. The monoisotopic (exact) mass is 271 g/mol. The van der Waals surface area contributed by atoms with Crippen LogP contribution in [0.2, 0.25) is 0 Å². The van der Waals surface area contributed by atoms with Gasteiger partial charge in [0.1, 0.15) is 5.75 Å². The number of hydrogen-bond donors (Lipinski definition) is 2. The van der Waals surface area contributed by atoms with Crippen molar-refractivity contribution >= 4 is 0 Å². The summed E-state index contributed by atoms with van der Waals surface area (Å²) < 4.78 is 5.20. The summed E-state index contributed by atoms with van der Waals surface area (Å²) in [4.78, 5) is 0. The third-order valence-corrected chi connectivity index (χ3v) is 3.98. The molecular weight excluding hydrogens is 250 g/mol. The van der Waals surface area contributed by atoms with Gasteiger partial charge in [-0.15, -0.1) is 0 Å². The SMILES string of the molecule is COc1ccc(-c2cn[nH]c2CC2CCCCN2)cc1. The molecule has 20 heavy (non-hydrogen) atoms. The predicted molar refractivity (Wildman–Crippen MR) is 79.9 cm³/mol. The molecule has 0 saturated carbocycles. The first-order valence-electron chi connectivity index (χ1n) is 7.27. The Labute approximate surface area is 119 Å². The van der Waals surface area contributed by atoms with E-state index in [0.717, 1.165) is 18.7 Å². The Bertz CT molecular complexity index is 541. The minimum atomic E-state index is 0.571. The number of H-pyrrole nitrogens is 1. The first-order valence-corrected chi connectivity index (χ1v) is 7.27. The quantitative estimate of drug-likeness (QED) is 0.899. The average molecular weight is 271 g/mol. The van der Waals surface area contributed by atoms with Gasteiger partial charge in [0.2, 0.25) is 0 Å². The zero-order chi connectivity index (χ0) is 13.8. The third kappa shape index (κ3) is 2.85. The van der Waals surface area contributed by atoms with E-state index in [1.54, 1.807) is 7.11 Å². The molecule has 0 spiro atoms. The van der Waals surface area contributed by atoms with Gasteiger partial charge in [-0.25, -0.2) is 0 Å². The molecule has 1 aromatic carbocycles. The van der Waals surface area contributed by atoms with E-state index < -0.39 is 0 Å². The molecule has 4 nitrogen and oxygen atoms in total. The maximum absolute atomic E-state index is 5.20. The van der Waals surface area contributed by atoms with Crippen molar-refractivity contribution in [3.05, 3.63) is 36.2 Å². The molecule has 1 fully saturated rings. The van der Waals surface area contributed by atoms with Gasteiger partial charge in [0, 0.05) is 23.7 Å². The van der Waals surface area contributed by atoms with Gasteiger partial charge < -0.3 is 10.1 Å². The molecule has 0 radical (unpaired) electrons. The van der Waals surface area contributed by atoms with E-state index in [1.807, 2.05) is 18.3 Å². The van der Waals surface area contributed by atoms with E-state index in [-0.39, 0.29) is 0 Å². The number of piperidine rings is 1. The van der Waals surface area contributed by atoms with Crippen LogP contribution < -0.4 is 10.1 Å². The highest BCUT2D eigenvalue weighted by Crippen LogP contribution is 2.26. The number of nitrogens with one attached hydrogen (secondary N) is 2. The molecule has 0 amide bonds. The molecular formula is C16H21N3O. The molecule has 0 aliphatic carbocycles. The number of aromatic nitrogens is 2. The minimum Gasteiger partial charge on any atom is -0.497 e. The summed E-state index contributed by atoms with van der Waals surface area (Å²) >= 11 is 0. The number of methoxy groups -OCH3 is 1. The van der Waals surface area contributed by atoms with E-state index in [4.69, 9.17) is 4.74 Å². The van der Waals surface area contributed by atoms with Crippen molar-refractivity contribution in [3.8, 4) is 16.9 Å². The Morgan fingerprint density at radius 1 is 1.25 bits per heavy atom. The van der Waals surface area contributed by atoms with Crippen molar-refractivity contribution in [1.29, 1.82) is 0 Å². The van der Waals surface area contributed by atoms with Crippen LogP contribution in [0.3, 0.4) is 0 Å². The normalized spacial score (nSPS) is 18.9. The standard InChI is InChI=1S/C16H21N3O/c1-20-14-7-5-12(6-8-14)15-11-18-19-16(15)10-13-4-2-3-9-17-13/h5-8,11,13,17H,2-4,9-10H2,1H3,(H,18,19). The van der Waals surface area contributed by atoms with Gasteiger partial charge >= 0.3 is 0 Å². The highest BCUT2D eigenvalue weighted by atomic mass is 16.5. The van der Waals surface area contributed by atoms with Crippen LogP contribution in [-0.2, 0) is 6.42 Å². The summed E-state index contributed by atoms with van der Waals surface area (Å²) in [6.45, 7) is 1.14. The molecule has 1 saturated heterocycles. The molecule has 1 unspecified atom stereocenters. The van der Waals surface area contributed by atoms with Gasteiger partial charge in [0.25, 0.3) is 0 Å². The lowest BCUT2D eigenvalue weighted by Gasteiger charge is -2.23.